The lowest BCUT2D eigenvalue weighted by molar-refractivity contribution is 0.0469. The molecule has 31 heavy (non-hydrogen) atoms. The van der Waals surface area contributed by atoms with Crippen LogP contribution in [0.1, 0.15) is 49.4 Å². The second-order valence-electron chi connectivity index (χ2n) is 6.76. The van der Waals surface area contributed by atoms with Crippen LogP contribution in [0.4, 0.5) is 0 Å². The van der Waals surface area contributed by atoms with Gasteiger partial charge in [0.2, 0.25) is 5.78 Å². The number of ether oxygens (including phenoxy) is 3. The number of aryl methyl sites for hydroxylation is 1. The topological polar surface area (TPSA) is 94.7 Å². The third kappa shape index (κ3) is 5.01. The Morgan fingerprint density at radius 1 is 0.871 bits per heavy atom. The first-order valence-corrected chi connectivity index (χ1v) is 9.80. The van der Waals surface area contributed by atoms with Crippen molar-refractivity contribution in [3.8, 4) is 11.5 Å². The van der Waals surface area contributed by atoms with Crippen molar-refractivity contribution in [2.45, 2.75) is 20.8 Å². The van der Waals surface area contributed by atoms with Gasteiger partial charge in [0.1, 0.15) is 17.1 Å². The van der Waals surface area contributed by atoms with Gasteiger partial charge in [-0.15, -0.1) is 0 Å². The fourth-order valence-corrected chi connectivity index (χ4v) is 3.16. The summed E-state index contributed by atoms with van der Waals surface area (Å²) in [7, 11) is 0. The maximum absolute atomic E-state index is 12.6. The van der Waals surface area contributed by atoms with Crippen molar-refractivity contribution >= 4 is 17.7 Å². The van der Waals surface area contributed by atoms with Gasteiger partial charge in [0.25, 0.3) is 0 Å². The molecule has 0 aliphatic carbocycles. The molecule has 0 spiro atoms. The lowest BCUT2D eigenvalue weighted by Crippen LogP contribution is -2.16. The Bertz CT molecular complexity index is 1100. The highest BCUT2D eigenvalue weighted by Gasteiger charge is 2.24. The van der Waals surface area contributed by atoms with Crippen LogP contribution < -0.4 is 4.74 Å². The Hall–Kier alpha value is -3.87. The zero-order chi connectivity index (χ0) is 22.4. The lowest BCUT2D eigenvalue weighted by Gasteiger charge is -2.10. The molecule has 7 nitrogen and oxygen atoms in total. The zero-order valence-corrected chi connectivity index (χ0v) is 17.6. The Labute approximate surface area is 179 Å². The van der Waals surface area contributed by atoms with Crippen molar-refractivity contribution in [3.63, 3.8) is 0 Å². The summed E-state index contributed by atoms with van der Waals surface area (Å²) in [5.74, 6) is -0.750. The lowest BCUT2D eigenvalue weighted by atomic mass is 10.1. The minimum absolute atomic E-state index is 0.200. The van der Waals surface area contributed by atoms with Crippen LogP contribution in [0.15, 0.2) is 54.6 Å². The van der Waals surface area contributed by atoms with Crippen molar-refractivity contribution in [3.05, 3.63) is 82.7 Å². The quantitative estimate of drug-likeness (QED) is 0.421. The molecule has 0 radical (unpaired) electrons. The predicted octanol–water partition coefficient (Wildman–Crippen LogP) is 4.64. The number of para-hydroxylation sites is 2. The Morgan fingerprint density at radius 3 is 2.26 bits per heavy atom. The van der Waals surface area contributed by atoms with Gasteiger partial charge in [-0.25, -0.2) is 9.59 Å². The molecule has 1 heterocycles. The number of nitrogens with one attached hydrogen (secondary N) is 1. The summed E-state index contributed by atoms with van der Waals surface area (Å²) < 4.78 is 16.0. The first-order chi connectivity index (χ1) is 14.9. The average Bonchev–Trinajstić information content (AvgIpc) is 3.07. The molecule has 0 aliphatic rings. The molecule has 0 bridgehead atoms. The van der Waals surface area contributed by atoms with Crippen LogP contribution in [0, 0.1) is 13.8 Å². The van der Waals surface area contributed by atoms with E-state index < -0.39 is 24.3 Å². The maximum atomic E-state index is 12.6. The summed E-state index contributed by atoms with van der Waals surface area (Å²) in [5.41, 5.74) is 1.71. The van der Waals surface area contributed by atoms with Crippen molar-refractivity contribution in [1.82, 2.24) is 4.98 Å². The van der Waals surface area contributed by atoms with Gasteiger partial charge < -0.3 is 19.2 Å². The molecule has 3 aromatic rings. The summed E-state index contributed by atoms with van der Waals surface area (Å²) in [5, 5.41) is 0. The normalized spacial score (nSPS) is 10.4. The van der Waals surface area contributed by atoms with Crippen molar-refractivity contribution in [2.24, 2.45) is 0 Å². The summed E-state index contributed by atoms with van der Waals surface area (Å²) in [6.45, 7) is 4.78. The van der Waals surface area contributed by atoms with E-state index >= 15 is 0 Å². The highest BCUT2D eigenvalue weighted by atomic mass is 16.5. The standard InChI is InChI=1S/C24H23NO6/c1-4-29-24(28)21-15(2)22(25-16(21)3)19(26)14-30-23(27)18-12-8-9-13-20(18)31-17-10-6-5-7-11-17/h5-13,25H,4,14H2,1-3H3. The largest absolute Gasteiger partial charge is 0.462 e. The number of benzene rings is 2. The zero-order valence-electron chi connectivity index (χ0n) is 17.6. The molecule has 160 valence electrons. The molecule has 0 saturated carbocycles. The number of carbonyl (C=O) groups excluding carboxylic acids is 3. The van der Waals surface area contributed by atoms with Gasteiger partial charge in [0, 0.05) is 5.69 Å². The number of rotatable bonds is 8. The van der Waals surface area contributed by atoms with E-state index in [4.69, 9.17) is 14.2 Å². The number of carbonyl (C=O) groups is 3. The third-order valence-electron chi connectivity index (χ3n) is 4.61. The summed E-state index contributed by atoms with van der Waals surface area (Å²) in [6, 6.07) is 15.7. The molecule has 0 fully saturated rings. The third-order valence-corrected chi connectivity index (χ3v) is 4.61. The van der Waals surface area contributed by atoms with Gasteiger partial charge in [0.05, 0.1) is 17.9 Å². The molecule has 2 aromatic carbocycles. The van der Waals surface area contributed by atoms with E-state index in [9.17, 15) is 14.4 Å². The monoisotopic (exact) mass is 421 g/mol. The predicted molar refractivity (Wildman–Crippen MR) is 114 cm³/mol. The highest BCUT2D eigenvalue weighted by Crippen LogP contribution is 2.26. The van der Waals surface area contributed by atoms with E-state index in [2.05, 4.69) is 4.98 Å². The van der Waals surface area contributed by atoms with Crippen LogP contribution in [0.25, 0.3) is 0 Å². The van der Waals surface area contributed by atoms with Crippen LogP contribution in [-0.2, 0) is 9.47 Å². The SMILES string of the molecule is CCOC(=O)c1c(C)[nH]c(C(=O)COC(=O)c2ccccc2Oc2ccccc2)c1C. The molecule has 0 saturated heterocycles. The van der Waals surface area contributed by atoms with E-state index in [1.807, 2.05) is 18.2 Å². The fraction of sp³-hybridized carbons (Fsp3) is 0.208. The van der Waals surface area contributed by atoms with Gasteiger partial charge in [0.15, 0.2) is 6.61 Å². The highest BCUT2D eigenvalue weighted by molar-refractivity contribution is 6.03. The first-order valence-electron chi connectivity index (χ1n) is 9.80. The van der Waals surface area contributed by atoms with Crippen LogP contribution in [-0.4, -0.2) is 35.9 Å². The van der Waals surface area contributed by atoms with Crippen molar-refractivity contribution in [2.75, 3.05) is 13.2 Å². The molecule has 0 amide bonds. The molecule has 7 heteroatoms. The smallest absolute Gasteiger partial charge is 0.342 e. The number of ketones is 1. The van der Waals surface area contributed by atoms with Crippen LogP contribution in [0.3, 0.4) is 0 Å². The van der Waals surface area contributed by atoms with Gasteiger partial charge in [-0.1, -0.05) is 30.3 Å². The van der Waals surface area contributed by atoms with Gasteiger partial charge >= 0.3 is 11.9 Å². The summed E-state index contributed by atoms with van der Waals surface area (Å²) in [4.78, 5) is 40.2. The van der Waals surface area contributed by atoms with Crippen molar-refractivity contribution in [1.29, 1.82) is 0 Å². The number of Topliss-reactive ketones (excluding diaryl/α,β-unsaturated/α-hetero) is 1. The fourth-order valence-electron chi connectivity index (χ4n) is 3.16. The van der Waals surface area contributed by atoms with Crippen LogP contribution >= 0.6 is 0 Å². The van der Waals surface area contributed by atoms with E-state index in [1.54, 1.807) is 57.2 Å². The number of esters is 2. The first kappa shape index (κ1) is 21.8. The van der Waals surface area contributed by atoms with Crippen LogP contribution in [0.5, 0.6) is 11.5 Å². The van der Waals surface area contributed by atoms with E-state index in [-0.39, 0.29) is 17.9 Å². The Balaban J connectivity index is 1.71. The minimum Gasteiger partial charge on any atom is -0.462 e. The maximum Gasteiger partial charge on any atom is 0.342 e. The molecule has 0 unspecified atom stereocenters. The van der Waals surface area contributed by atoms with Gasteiger partial charge in [-0.2, -0.15) is 0 Å². The summed E-state index contributed by atoms with van der Waals surface area (Å²) >= 11 is 0. The molecule has 0 aliphatic heterocycles. The minimum atomic E-state index is -0.688. The average molecular weight is 421 g/mol. The number of hydrogen-bond donors (Lipinski definition) is 1. The second-order valence-corrected chi connectivity index (χ2v) is 6.76. The van der Waals surface area contributed by atoms with E-state index in [0.717, 1.165) is 0 Å². The summed E-state index contributed by atoms with van der Waals surface area (Å²) in [6.07, 6.45) is 0. The van der Waals surface area contributed by atoms with Crippen molar-refractivity contribution < 1.29 is 28.6 Å². The Morgan fingerprint density at radius 2 is 1.55 bits per heavy atom. The Kier molecular flexibility index (Phi) is 6.87. The molecular formula is C24H23NO6. The number of H-pyrrole nitrogens is 1. The van der Waals surface area contributed by atoms with Gasteiger partial charge in [-0.05, 0) is 50.6 Å². The second kappa shape index (κ2) is 9.75. The molecule has 3 rings (SSSR count). The molecule has 1 N–H and O–H groups in total. The molecule has 0 atom stereocenters. The molecular weight excluding hydrogens is 398 g/mol. The van der Waals surface area contributed by atoms with E-state index in [0.29, 0.717) is 28.3 Å². The number of aromatic nitrogens is 1. The molecule has 1 aromatic heterocycles. The van der Waals surface area contributed by atoms with E-state index in [1.165, 1.54) is 0 Å². The van der Waals surface area contributed by atoms with Crippen LogP contribution in [0.2, 0.25) is 0 Å². The van der Waals surface area contributed by atoms with Gasteiger partial charge in [-0.3, -0.25) is 4.79 Å². The number of aromatic amines is 1. The number of hydrogen-bond acceptors (Lipinski definition) is 6.